The summed E-state index contributed by atoms with van der Waals surface area (Å²) in [5, 5.41) is 5.10. The van der Waals surface area contributed by atoms with Crippen molar-refractivity contribution in [3.05, 3.63) is 24.3 Å². The quantitative estimate of drug-likeness (QED) is 0.531. The van der Waals surface area contributed by atoms with Crippen LogP contribution in [0.2, 0.25) is 0 Å². The molecule has 0 saturated heterocycles. The van der Waals surface area contributed by atoms with Gasteiger partial charge in [0, 0.05) is 18.7 Å². The second-order valence-corrected chi connectivity index (χ2v) is 9.13. The van der Waals surface area contributed by atoms with Gasteiger partial charge in [0.1, 0.15) is 11.9 Å². The maximum Gasteiger partial charge on any atom is 0.312 e. The topological polar surface area (TPSA) is 143 Å². The van der Waals surface area contributed by atoms with Crippen molar-refractivity contribution in [2.24, 2.45) is 16.6 Å². The van der Waals surface area contributed by atoms with E-state index in [1.807, 2.05) is 13.8 Å². The van der Waals surface area contributed by atoms with Crippen molar-refractivity contribution in [3.8, 4) is 0 Å². The van der Waals surface area contributed by atoms with Gasteiger partial charge in [0.15, 0.2) is 0 Å². The Kier molecular flexibility index (Phi) is 8.00. The van der Waals surface area contributed by atoms with Crippen molar-refractivity contribution in [3.63, 3.8) is 0 Å². The smallest absolute Gasteiger partial charge is 0.312 e. The molecule has 3 amide bonds. The predicted molar refractivity (Wildman–Crippen MR) is 112 cm³/mol. The Morgan fingerprint density at radius 1 is 1.14 bits per heavy atom. The fraction of sp³-hybridized carbons (Fsp3) is 0.526. The Morgan fingerprint density at radius 2 is 1.83 bits per heavy atom. The number of nitrogens with one attached hydrogen (secondary N) is 3. The number of anilines is 1. The highest BCUT2D eigenvalue weighted by Crippen LogP contribution is 2.16. The van der Waals surface area contributed by atoms with E-state index < -0.39 is 28.0 Å². The number of sulfonamides is 1. The van der Waals surface area contributed by atoms with Gasteiger partial charge in [-0.1, -0.05) is 20.3 Å². The molecule has 1 heterocycles. The van der Waals surface area contributed by atoms with Gasteiger partial charge in [-0.25, -0.2) is 13.2 Å². The first-order valence-electron chi connectivity index (χ1n) is 9.70. The molecule has 9 nitrogen and oxygen atoms in total. The molecule has 0 bridgehead atoms. The van der Waals surface area contributed by atoms with Crippen LogP contribution in [0.4, 0.5) is 10.5 Å². The Bertz CT molecular complexity index is 850. The number of primary amides is 1. The summed E-state index contributed by atoms with van der Waals surface area (Å²) in [5.74, 6) is 0.232. The lowest BCUT2D eigenvalue weighted by Crippen LogP contribution is -2.46. The van der Waals surface area contributed by atoms with E-state index >= 15 is 0 Å². The van der Waals surface area contributed by atoms with E-state index in [4.69, 9.17) is 5.73 Å². The number of benzene rings is 1. The van der Waals surface area contributed by atoms with Crippen LogP contribution in [-0.2, 0) is 14.8 Å². The summed E-state index contributed by atoms with van der Waals surface area (Å²) in [7, 11) is -3.74. The zero-order valence-corrected chi connectivity index (χ0v) is 17.6. The summed E-state index contributed by atoms with van der Waals surface area (Å²) in [5.41, 5.74) is 5.56. The lowest BCUT2D eigenvalue weighted by molar-refractivity contribution is -0.118. The van der Waals surface area contributed by atoms with Crippen molar-refractivity contribution in [1.29, 1.82) is 0 Å². The molecule has 0 saturated carbocycles. The average Bonchev–Trinajstić information content (AvgIpc) is 2.89. The number of rotatable bonds is 7. The third-order valence-corrected chi connectivity index (χ3v) is 5.80. The van der Waals surface area contributed by atoms with Gasteiger partial charge >= 0.3 is 6.03 Å². The first-order valence-corrected chi connectivity index (χ1v) is 11.2. The molecule has 0 aliphatic carbocycles. The van der Waals surface area contributed by atoms with Crippen molar-refractivity contribution in [1.82, 2.24) is 10.0 Å². The minimum Gasteiger partial charge on any atom is -0.352 e. The van der Waals surface area contributed by atoms with Crippen LogP contribution in [0, 0.1) is 5.92 Å². The zero-order valence-electron chi connectivity index (χ0n) is 16.8. The van der Waals surface area contributed by atoms with Gasteiger partial charge in [0.2, 0.25) is 5.91 Å². The van der Waals surface area contributed by atoms with E-state index in [1.54, 1.807) is 0 Å². The monoisotopic (exact) mass is 423 g/mol. The van der Waals surface area contributed by atoms with E-state index in [0.717, 1.165) is 19.3 Å². The molecule has 0 radical (unpaired) electrons. The molecule has 1 atom stereocenters. The number of carbonyl (C=O) groups is 2. The Morgan fingerprint density at radius 3 is 2.45 bits per heavy atom. The summed E-state index contributed by atoms with van der Waals surface area (Å²) >= 11 is 0. The number of hydrogen-bond donors (Lipinski definition) is 4. The first kappa shape index (κ1) is 22.7. The molecule has 0 fully saturated rings. The van der Waals surface area contributed by atoms with Crippen LogP contribution < -0.4 is 21.1 Å². The average molecular weight is 424 g/mol. The third kappa shape index (κ3) is 7.37. The van der Waals surface area contributed by atoms with Gasteiger partial charge < -0.3 is 16.4 Å². The van der Waals surface area contributed by atoms with Crippen LogP contribution in [-0.4, -0.2) is 38.8 Å². The van der Waals surface area contributed by atoms with Crippen LogP contribution in [0.5, 0.6) is 0 Å². The molecule has 0 unspecified atom stereocenters. The van der Waals surface area contributed by atoms with Gasteiger partial charge in [-0.05, 0) is 49.4 Å². The summed E-state index contributed by atoms with van der Waals surface area (Å²) in [6, 6.07) is 4.27. The normalized spacial score (nSPS) is 15.8. The number of carbonyl (C=O) groups excluding carboxylic acids is 2. The van der Waals surface area contributed by atoms with Gasteiger partial charge in [0.25, 0.3) is 10.0 Å². The van der Waals surface area contributed by atoms with Crippen molar-refractivity contribution < 1.29 is 18.0 Å². The van der Waals surface area contributed by atoms with Gasteiger partial charge in [-0.3, -0.25) is 14.5 Å². The molecule has 5 N–H and O–H groups in total. The lowest BCUT2D eigenvalue weighted by atomic mass is 10.0. The number of nitrogens with zero attached hydrogens (tertiary/aromatic N) is 1. The number of amidine groups is 1. The summed E-state index contributed by atoms with van der Waals surface area (Å²) < 4.78 is 27.7. The largest absolute Gasteiger partial charge is 0.352 e. The van der Waals surface area contributed by atoms with E-state index in [0.29, 0.717) is 30.9 Å². The van der Waals surface area contributed by atoms with E-state index in [-0.39, 0.29) is 10.8 Å². The van der Waals surface area contributed by atoms with E-state index in [1.165, 1.54) is 24.3 Å². The molecule has 0 aromatic heterocycles. The second-order valence-electron chi connectivity index (χ2n) is 7.45. The fourth-order valence-corrected chi connectivity index (χ4v) is 4.08. The molecule has 2 rings (SSSR count). The highest BCUT2D eigenvalue weighted by molar-refractivity contribution is 7.90. The molecular weight excluding hydrogens is 394 g/mol. The molecule has 1 aromatic carbocycles. The maximum atomic E-state index is 12.6. The van der Waals surface area contributed by atoms with Crippen LogP contribution in [0.1, 0.15) is 46.0 Å². The highest BCUT2D eigenvalue weighted by atomic mass is 32.2. The first-order chi connectivity index (χ1) is 13.7. The van der Waals surface area contributed by atoms with Crippen LogP contribution >= 0.6 is 0 Å². The Hall–Kier alpha value is -2.62. The Labute approximate surface area is 171 Å². The minimum absolute atomic E-state index is 0.0800. The summed E-state index contributed by atoms with van der Waals surface area (Å²) in [4.78, 5) is 27.9. The molecule has 160 valence electrons. The molecule has 1 aliphatic rings. The molecule has 10 heteroatoms. The predicted octanol–water partition coefficient (Wildman–Crippen LogP) is 1.96. The number of nitrogens with two attached hydrogens (primary N) is 1. The van der Waals surface area contributed by atoms with Crippen LogP contribution in [0.25, 0.3) is 0 Å². The molecule has 1 aliphatic heterocycles. The van der Waals surface area contributed by atoms with Gasteiger partial charge in [0.05, 0.1) is 4.90 Å². The van der Waals surface area contributed by atoms with E-state index in [2.05, 4.69) is 20.3 Å². The summed E-state index contributed by atoms with van der Waals surface area (Å²) in [6.07, 6.45) is 3.93. The maximum absolute atomic E-state index is 12.6. The highest BCUT2D eigenvalue weighted by Gasteiger charge is 2.22. The van der Waals surface area contributed by atoms with Gasteiger partial charge in [-0.2, -0.15) is 0 Å². The van der Waals surface area contributed by atoms with E-state index in [9.17, 15) is 18.0 Å². The molecular formula is C19H29N5O4S. The number of aliphatic imine (C=N–C) groups is 1. The SMILES string of the molecule is CC(C)C[C@@H](NC(N)=O)C(=O)Nc1ccc(S(=O)(=O)NC2=NCCCCC2)cc1. The molecule has 0 spiro atoms. The fourth-order valence-electron chi connectivity index (χ4n) is 2.99. The standard InChI is InChI=1S/C19H29N5O4S/c1-13(2)12-16(23-19(20)26)18(25)22-14-7-9-15(10-8-14)29(27,28)24-17-6-4-3-5-11-21-17/h7-10,13,16H,3-6,11-12H2,1-2H3,(H,21,24)(H,22,25)(H3,20,23,26)/t16-/m1/s1. The Balaban J connectivity index is 2.05. The van der Waals surface area contributed by atoms with Crippen LogP contribution in [0.15, 0.2) is 34.2 Å². The minimum atomic E-state index is -3.74. The second kappa shape index (κ2) is 10.2. The molecule has 29 heavy (non-hydrogen) atoms. The number of urea groups is 1. The number of hydrogen-bond acceptors (Lipinski definition) is 5. The van der Waals surface area contributed by atoms with Gasteiger partial charge in [-0.15, -0.1) is 0 Å². The van der Waals surface area contributed by atoms with Crippen LogP contribution in [0.3, 0.4) is 0 Å². The zero-order chi connectivity index (χ0) is 21.4. The number of amides is 3. The van der Waals surface area contributed by atoms with Crippen molar-refractivity contribution >= 4 is 33.5 Å². The third-order valence-electron chi connectivity index (χ3n) is 4.40. The lowest BCUT2D eigenvalue weighted by Gasteiger charge is -2.19. The summed E-state index contributed by atoms with van der Waals surface area (Å²) in [6.45, 7) is 4.47. The van der Waals surface area contributed by atoms with Crippen molar-refractivity contribution in [2.45, 2.75) is 56.9 Å². The molecule has 1 aromatic rings. The van der Waals surface area contributed by atoms with Crippen molar-refractivity contribution in [2.75, 3.05) is 11.9 Å².